The lowest BCUT2D eigenvalue weighted by atomic mass is 9.81. The molecule has 5 heteroatoms. The van der Waals surface area contributed by atoms with Gasteiger partial charge in [-0.2, -0.15) is 0 Å². The molecule has 1 aromatic rings. The van der Waals surface area contributed by atoms with Crippen LogP contribution in [0.25, 0.3) is 0 Å². The highest BCUT2D eigenvalue weighted by Crippen LogP contribution is 2.29. The van der Waals surface area contributed by atoms with Crippen LogP contribution in [0, 0.1) is 0 Å². The zero-order valence-corrected chi connectivity index (χ0v) is 11.0. The van der Waals surface area contributed by atoms with E-state index in [2.05, 4.69) is 10.3 Å². The Morgan fingerprint density at radius 2 is 2.05 bits per heavy atom. The summed E-state index contributed by atoms with van der Waals surface area (Å²) in [6, 6.07) is 3.37. The van der Waals surface area contributed by atoms with E-state index in [1.54, 1.807) is 18.3 Å². The van der Waals surface area contributed by atoms with Gasteiger partial charge >= 0.3 is 5.97 Å². The largest absolute Gasteiger partial charge is 0.467 e. The number of hydrogen-bond acceptors (Lipinski definition) is 4. The van der Waals surface area contributed by atoms with Gasteiger partial charge in [-0.1, -0.05) is 19.3 Å². The first-order valence-electron chi connectivity index (χ1n) is 6.49. The fraction of sp³-hybridized carbons (Fsp3) is 0.500. The fourth-order valence-electron chi connectivity index (χ4n) is 2.52. The van der Waals surface area contributed by atoms with Gasteiger partial charge in [0.15, 0.2) is 0 Å². The van der Waals surface area contributed by atoms with Crippen molar-refractivity contribution >= 4 is 11.9 Å². The minimum absolute atomic E-state index is 0.277. The second-order valence-corrected chi connectivity index (χ2v) is 4.83. The van der Waals surface area contributed by atoms with Gasteiger partial charge in [0, 0.05) is 12.4 Å². The van der Waals surface area contributed by atoms with Gasteiger partial charge in [0.25, 0.3) is 5.91 Å². The highest BCUT2D eigenvalue weighted by Gasteiger charge is 2.42. The van der Waals surface area contributed by atoms with E-state index in [4.69, 9.17) is 4.74 Å². The minimum atomic E-state index is -0.875. The third-order valence-electron chi connectivity index (χ3n) is 3.56. The first-order valence-corrected chi connectivity index (χ1v) is 6.49. The number of aromatic nitrogens is 1. The summed E-state index contributed by atoms with van der Waals surface area (Å²) in [6.07, 6.45) is 7.28. The molecule has 1 aromatic heterocycles. The highest BCUT2D eigenvalue weighted by atomic mass is 16.5. The van der Waals surface area contributed by atoms with Crippen molar-refractivity contribution in [2.24, 2.45) is 0 Å². The Kier molecular flexibility index (Phi) is 4.14. The smallest absolute Gasteiger partial charge is 0.331 e. The monoisotopic (exact) mass is 262 g/mol. The van der Waals surface area contributed by atoms with Crippen LogP contribution in [-0.2, 0) is 9.53 Å². The molecule has 0 saturated heterocycles. The summed E-state index contributed by atoms with van der Waals surface area (Å²) in [7, 11) is 1.36. The van der Waals surface area contributed by atoms with Crippen LogP contribution < -0.4 is 5.32 Å². The van der Waals surface area contributed by atoms with Gasteiger partial charge in [-0.25, -0.2) is 4.79 Å². The zero-order valence-electron chi connectivity index (χ0n) is 11.0. The molecular formula is C14H18N2O3. The van der Waals surface area contributed by atoms with E-state index in [1.807, 2.05) is 0 Å². The van der Waals surface area contributed by atoms with Gasteiger partial charge < -0.3 is 10.1 Å². The number of pyridine rings is 1. The molecule has 5 nitrogen and oxygen atoms in total. The Bertz CT molecular complexity index is 453. The molecule has 19 heavy (non-hydrogen) atoms. The van der Waals surface area contributed by atoms with Crippen molar-refractivity contribution in [3.05, 3.63) is 30.1 Å². The lowest BCUT2D eigenvalue weighted by Crippen LogP contribution is -2.56. The van der Waals surface area contributed by atoms with E-state index in [1.165, 1.54) is 13.3 Å². The molecule has 1 amide bonds. The average molecular weight is 262 g/mol. The second kappa shape index (κ2) is 5.82. The first kappa shape index (κ1) is 13.5. The molecule has 1 saturated carbocycles. The molecule has 102 valence electrons. The number of esters is 1. The van der Waals surface area contributed by atoms with E-state index in [-0.39, 0.29) is 11.9 Å². The summed E-state index contributed by atoms with van der Waals surface area (Å²) in [5.41, 5.74) is -0.420. The Hall–Kier alpha value is -1.91. The van der Waals surface area contributed by atoms with Gasteiger partial charge in [0.2, 0.25) is 0 Å². The number of carbonyl (C=O) groups excluding carboxylic acids is 2. The second-order valence-electron chi connectivity index (χ2n) is 4.83. The van der Waals surface area contributed by atoms with Crippen molar-refractivity contribution in [3.8, 4) is 0 Å². The molecule has 2 rings (SSSR count). The lowest BCUT2D eigenvalue weighted by Gasteiger charge is -2.35. The number of ether oxygens (including phenoxy) is 1. The molecule has 0 radical (unpaired) electrons. The molecule has 1 aliphatic rings. The summed E-state index contributed by atoms with van der Waals surface area (Å²) in [5, 5.41) is 2.85. The molecule has 0 aromatic carbocycles. The molecule has 0 atom stereocenters. The summed E-state index contributed by atoms with van der Waals surface area (Å²) in [5.74, 6) is -0.634. The number of amides is 1. The quantitative estimate of drug-likeness (QED) is 0.842. The van der Waals surface area contributed by atoms with Crippen LogP contribution in [0.4, 0.5) is 0 Å². The third-order valence-corrected chi connectivity index (χ3v) is 3.56. The first-order chi connectivity index (χ1) is 9.18. The molecule has 1 aliphatic carbocycles. The van der Waals surface area contributed by atoms with Crippen LogP contribution in [-0.4, -0.2) is 29.5 Å². The SMILES string of the molecule is COC(=O)C1(NC(=O)c2cccnc2)CCCCC1. The molecule has 1 heterocycles. The number of rotatable bonds is 3. The van der Waals surface area contributed by atoms with Crippen molar-refractivity contribution in [1.29, 1.82) is 0 Å². The number of nitrogens with zero attached hydrogens (tertiary/aromatic N) is 1. The minimum Gasteiger partial charge on any atom is -0.467 e. The zero-order chi connectivity index (χ0) is 13.7. The van der Waals surface area contributed by atoms with E-state index in [0.717, 1.165) is 19.3 Å². The molecular weight excluding hydrogens is 244 g/mol. The van der Waals surface area contributed by atoms with Crippen molar-refractivity contribution in [2.45, 2.75) is 37.6 Å². The molecule has 0 spiro atoms. The van der Waals surface area contributed by atoms with Gasteiger partial charge in [0.05, 0.1) is 12.7 Å². The normalized spacial score (nSPS) is 17.5. The van der Waals surface area contributed by atoms with Crippen LogP contribution in [0.3, 0.4) is 0 Å². The van der Waals surface area contributed by atoms with Gasteiger partial charge in [-0.05, 0) is 25.0 Å². The van der Waals surface area contributed by atoms with E-state index in [0.29, 0.717) is 18.4 Å². The third kappa shape index (κ3) is 2.92. The van der Waals surface area contributed by atoms with E-state index >= 15 is 0 Å². The molecule has 0 bridgehead atoms. The summed E-state index contributed by atoms with van der Waals surface area (Å²) >= 11 is 0. The maximum atomic E-state index is 12.2. The highest BCUT2D eigenvalue weighted by molar-refractivity contribution is 5.97. The number of nitrogens with one attached hydrogen (secondary N) is 1. The number of carbonyl (C=O) groups is 2. The van der Waals surface area contributed by atoms with Gasteiger partial charge in [-0.15, -0.1) is 0 Å². The summed E-state index contributed by atoms with van der Waals surface area (Å²) in [4.78, 5) is 28.1. The Balaban J connectivity index is 2.17. The van der Waals surface area contributed by atoms with Crippen molar-refractivity contribution < 1.29 is 14.3 Å². The molecule has 0 aliphatic heterocycles. The Morgan fingerprint density at radius 3 is 2.63 bits per heavy atom. The maximum Gasteiger partial charge on any atom is 0.331 e. The summed E-state index contributed by atoms with van der Waals surface area (Å²) < 4.78 is 4.86. The molecule has 1 N–H and O–H groups in total. The molecule has 0 unspecified atom stereocenters. The average Bonchev–Trinajstić information content (AvgIpc) is 2.48. The van der Waals surface area contributed by atoms with Crippen molar-refractivity contribution in [1.82, 2.24) is 10.3 Å². The van der Waals surface area contributed by atoms with Crippen LogP contribution in [0.15, 0.2) is 24.5 Å². The Labute approximate surface area is 112 Å². The Morgan fingerprint density at radius 1 is 1.32 bits per heavy atom. The van der Waals surface area contributed by atoms with Gasteiger partial charge in [-0.3, -0.25) is 9.78 Å². The van der Waals surface area contributed by atoms with Crippen molar-refractivity contribution in [2.75, 3.05) is 7.11 Å². The fourth-order valence-corrected chi connectivity index (χ4v) is 2.52. The predicted octanol–water partition coefficient (Wildman–Crippen LogP) is 1.69. The van der Waals surface area contributed by atoms with Crippen LogP contribution >= 0.6 is 0 Å². The predicted molar refractivity (Wildman–Crippen MR) is 69.5 cm³/mol. The van der Waals surface area contributed by atoms with Crippen LogP contribution in [0.2, 0.25) is 0 Å². The molecule has 1 fully saturated rings. The number of hydrogen-bond donors (Lipinski definition) is 1. The topological polar surface area (TPSA) is 68.3 Å². The van der Waals surface area contributed by atoms with E-state index in [9.17, 15) is 9.59 Å². The maximum absolute atomic E-state index is 12.2. The van der Waals surface area contributed by atoms with Crippen LogP contribution in [0.1, 0.15) is 42.5 Å². The van der Waals surface area contributed by atoms with Gasteiger partial charge in [0.1, 0.15) is 5.54 Å². The van der Waals surface area contributed by atoms with E-state index < -0.39 is 5.54 Å². The van der Waals surface area contributed by atoms with Crippen LogP contribution in [0.5, 0.6) is 0 Å². The lowest BCUT2D eigenvalue weighted by molar-refractivity contribution is -0.149. The standard InChI is InChI=1S/C14H18N2O3/c1-19-13(18)14(7-3-2-4-8-14)16-12(17)11-6-5-9-15-10-11/h5-6,9-10H,2-4,7-8H2,1H3,(H,16,17). The van der Waals surface area contributed by atoms with Crippen molar-refractivity contribution in [3.63, 3.8) is 0 Å². The number of methoxy groups -OCH3 is 1. The summed E-state index contributed by atoms with van der Waals surface area (Å²) in [6.45, 7) is 0.